The van der Waals surface area contributed by atoms with Gasteiger partial charge in [0.05, 0.1) is 22.5 Å². The lowest BCUT2D eigenvalue weighted by atomic mass is 10.1. The zero-order valence-electron chi connectivity index (χ0n) is 13.4. The average Bonchev–Trinajstić information content (AvgIpc) is 3.17. The Labute approximate surface area is 150 Å². The third-order valence-corrected chi connectivity index (χ3v) is 5.02. The topological polar surface area (TPSA) is 67.5 Å². The van der Waals surface area contributed by atoms with Gasteiger partial charge in [-0.05, 0) is 31.2 Å². The summed E-state index contributed by atoms with van der Waals surface area (Å²) in [6.07, 6.45) is 1.77. The summed E-state index contributed by atoms with van der Waals surface area (Å²) in [5, 5.41) is 14.3. The number of carboxylic acids is 1. The van der Waals surface area contributed by atoms with Gasteiger partial charge in [-0.15, -0.1) is 11.3 Å². The predicted molar refractivity (Wildman–Crippen MR) is 93.3 cm³/mol. The summed E-state index contributed by atoms with van der Waals surface area (Å²) < 4.78 is 29.4. The van der Waals surface area contributed by atoms with Crippen LogP contribution in [0.25, 0.3) is 27.3 Å². The van der Waals surface area contributed by atoms with E-state index in [2.05, 4.69) is 10.1 Å². The van der Waals surface area contributed by atoms with Gasteiger partial charge in [-0.1, -0.05) is 12.1 Å². The molecule has 3 aromatic heterocycles. The Morgan fingerprint density at radius 2 is 2.00 bits per heavy atom. The maximum absolute atomic E-state index is 14.2. The summed E-state index contributed by atoms with van der Waals surface area (Å²) >= 11 is 0.911. The van der Waals surface area contributed by atoms with E-state index in [1.165, 1.54) is 12.1 Å². The number of benzene rings is 1. The van der Waals surface area contributed by atoms with Crippen LogP contribution in [0.3, 0.4) is 0 Å². The number of rotatable bonds is 3. The molecule has 0 atom stereocenters. The van der Waals surface area contributed by atoms with Gasteiger partial charge in [0.1, 0.15) is 9.88 Å². The van der Waals surface area contributed by atoms with E-state index >= 15 is 0 Å². The first-order valence-corrected chi connectivity index (χ1v) is 8.42. The van der Waals surface area contributed by atoms with Crippen molar-refractivity contribution in [3.05, 3.63) is 64.8 Å². The zero-order valence-corrected chi connectivity index (χ0v) is 14.2. The van der Waals surface area contributed by atoms with Crippen LogP contribution in [0.5, 0.6) is 0 Å². The van der Waals surface area contributed by atoms with Crippen molar-refractivity contribution in [3.63, 3.8) is 0 Å². The van der Waals surface area contributed by atoms with E-state index in [0.29, 0.717) is 16.3 Å². The summed E-state index contributed by atoms with van der Waals surface area (Å²) in [6.45, 7) is 1.78. The fourth-order valence-electron chi connectivity index (χ4n) is 2.82. The number of carboxylic acid groups (broad SMARTS) is 1. The molecular weight excluding hydrogens is 360 g/mol. The molecule has 0 saturated carbocycles. The monoisotopic (exact) mass is 371 g/mol. The fourth-order valence-corrected chi connectivity index (χ4v) is 3.85. The first-order chi connectivity index (χ1) is 12.5. The maximum Gasteiger partial charge on any atom is 0.348 e. The minimum Gasteiger partial charge on any atom is -0.477 e. The Morgan fingerprint density at radius 3 is 2.77 bits per heavy atom. The number of halogens is 2. The molecule has 4 aromatic rings. The highest BCUT2D eigenvalue weighted by Crippen LogP contribution is 2.38. The molecule has 130 valence electrons. The van der Waals surface area contributed by atoms with Crippen LogP contribution < -0.4 is 0 Å². The second kappa shape index (κ2) is 5.99. The molecule has 26 heavy (non-hydrogen) atoms. The molecule has 1 aromatic carbocycles. The summed E-state index contributed by atoms with van der Waals surface area (Å²) in [7, 11) is 0. The van der Waals surface area contributed by atoms with Crippen LogP contribution in [0, 0.1) is 18.6 Å². The Kier molecular flexibility index (Phi) is 3.77. The van der Waals surface area contributed by atoms with Gasteiger partial charge < -0.3 is 5.11 Å². The molecule has 0 aliphatic rings. The molecule has 4 rings (SSSR count). The van der Waals surface area contributed by atoms with Crippen LogP contribution in [-0.2, 0) is 0 Å². The Bertz CT molecular complexity index is 1170. The van der Waals surface area contributed by atoms with E-state index < -0.39 is 17.6 Å². The van der Waals surface area contributed by atoms with Crippen molar-refractivity contribution in [2.24, 2.45) is 0 Å². The van der Waals surface area contributed by atoms with Crippen molar-refractivity contribution in [2.45, 2.75) is 6.92 Å². The number of carbonyl (C=O) groups is 1. The number of aromatic carboxylic acids is 1. The van der Waals surface area contributed by atoms with Gasteiger partial charge in [-0.2, -0.15) is 5.10 Å². The number of aryl methyl sites for hydroxylation is 1. The fraction of sp³-hybridized carbons (Fsp3) is 0.0556. The van der Waals surface area contributed by atoms with Crippen molar-refractivity contribution >= 4 is 22.8 Å². The van der Waals surface area contributed by atoms with Gasteiger partial charge in [-0.25, -0.2) is 23.1 Å². The molecule has 0 spiro atoms. The second-order valence-electron chi connectivity index (χ2n) is 5.59. The Hall–Kier alpha value is -3.13. The quantitative estimate of drug-likeness (QED) is 0.579. The molecule has 0 amide bonds. The van der Waals surface area contributed by atoms with Crippen LogP contribution >= 0.6 is 11.3 Å². The van der Waals surface area contributed by atoms with E-state index in [-0.39, 0.29) is 16.1 Å². The highest BCUT2D eigenvalue weighted by Gasteiger charge is 2.25. The van der Waals surface area contributed by atoms with Crippen LogP contribution in [0.15, 0.2) is 42.6 Å². The second-order valence-corrected chi connectivity index (χ2v) is 6.59. The number of fused-ring (bicyclic) bond motifs is 1. The van der Waals surface area contributed by atoms with Crippen LogP contribution in [-0.4, -0.2) is 25.7 Å². The van der Waals surface area contributed by atoms with Gasteiger partial charge in [0, 0.05) is 11.8 Å². The van der Waals surface area contributed by atoms with Gasteiger partial charge in [0.25, 0.3) is 0 Å². The zero-order chi connectivity index (χ0) is 18.4. The molecule has 0 saturated heterocycles. The SMILES string of the molecule is Cc1nn2ccccc2c1-c1nc(-c2cccc(F)c2F)c(C(=O)O)s1. The normalized spacial score (nSPS) is 11.2. The lowest BCUT2D eigenvalue weighted by Gasteiger charge is -2.01. The largest absolute Gasteiger partial charge is 0.477 e. The third kappa shape index (κ3) is 2.46. The van der Waals surface area contributed by atoms with Gasteiger partial charge >= 0.3 is 5.97 Å². The number of pyridine rings is 1. The van der Waals surface area contributed by atoms with Gasteiger partial charge in [0.2, 0.25) is 0 Å². The van der Waals surface area contributed by atoms with E-state index in [4.69, 9.17) is 0 Å². The Morgan fingerprint density at radius 1 is 1.19 bits per heavy atom. The number of nitrogens with zero attached hydrogens (tertiary/aromatic N) is 3. The Balaban J connectivity index is 1.99. The number of hydrogen-bond acceptors (Lipinski definition) is 4. The van der Waals surface area contributed by atoms with Crippen molar-refractivity contribution < 1.29 is 18.7 Å². The molecule has 0 unspecified atom stereocenters. The van der Waals surface area contributed by atoms with E-state index in [9.17, 15) is 18.7 Å². The summed E-state index contributed by atoms with van der Waals surface area (Å²) in [5.41, 5.74) is 1.81. The molecule has 0 bridgehead atoms. The molecule has 0 aliphatic heterocycles. The lowest BCUT2D eigenvalue weighted by molar-refractivity contribution is 0.0702. The van der Waals surface area contributed by atoms with Crippen molar-refractivity contribution in [2.75, 3.05) is 0 Å². The summed E-state index contributed by atoms with van der Waals surface area (Å²) in [5.74, 6) is -3.43. The van der Waals surface area contributed by atoms with Gasteiger partial charge in [0.15, 0.2) is 11.6 Å². The smallest absolute Gasteiger partial charge is 0.348 e. The number of hydrogen-bond donors (Lipinski definition) is 1. The van der Waals surface area contributed by atoms with Crippen LogP contribution in [0.1, 0.15) is 15.4 Å². The molecule has 0 fully saturated rings. The summed E-state index contributed by atoms with van der Waals surface area (Å²) in [6, 6.07) is 9.09. The summed E-state index contributed by atoms with van der Waals surface area (Å²) in [4.78, 5) is 15.8. The first-order valence-electron chi connectivity index (χ1n) is 7.60. The van der Waals surface area contributed by atoms with Crippen molar-refractivity contribution in [3.8, 4) is 21.8 Å². The van der Waals surface area contributed by atoms with Crippen molar-refractivity contribution in [1.29, 1.82) is 0 Å². The molecule has 1 N–H and O–H groups in total. The number of thiazole rings is 1. The van der Waals surface area contributed by atoms with E-state index in [0.717, 1.165) is 22.9 Å². The van der Waals surface area contributed by atoms with Crippen LogP contribution in [0.2, 0.25) is 0 Å². The van der Waals surface area contributed by atoms with Gasteiger partial charge in [-0.3, -0.25) is 0 Å². The lowest BCUT2D eigenvalue weighted by Crippen LogP contribution is -1.98. The molecular formula is C18H11F2N3O2S. The standard InChI is InChI=1S/C18H11F2N3O2S/c1-9-13(12-7-2-3-8-23(12)22-9)17-21-15(16(26-17)18(24)25)10-5-4-6-11(19)14(10)20/h2-8H,1H3,(H,24,25). The molecule has 0 aliphatic carbocycles. The van der Waals surface area contributed by atoms with Crippen molar-refractivity contribution in [1.82, 2.24) is 14.6 Å². The average molecular weight is 371 g/mol. The van der Waals surface area contributed by atoms with E-state index in [1.807, 2.05) is 18.2 Å². The van der Waals surface area contributed by atoms with Crippen LogP contribution in [0.4, 0.5) is 8.78 Å². The third-order valence-electron chi connectivity index (χ3n) is 3.96. The first kappa shape index (κ1) is 16.3. The van der Waals surface area contributed by atoms with E-state index in [1.54, 1.807) is 17.6 Å². The highest BCUT2D eigenvalue weighted by molar-refractivity contribution is 7.17. The molecule has 5 nitrogen and oxygen atoms in total. The highest BCUT2D eigenvalue weighted by atomic mass is 32.1. The predicted octanol–water partition coefficient (Wildman–Crippen LogP) is 4.41. The minimum atomic E-state index is -1.25. The molecule has 0 radical (unpaired) electrons. The maximum atomic E-state index is 14.2. The number of aromatic nitrogens is 3. The minimum absolute atomic E-state index is 0.0934. The molecule has 3 heterocycles. The molecule has 8 heteroatoms.